The molecule has 1 rings (SSSR count). The number of nitrogens with zero attached hydrogens (tertiary/aromatic N) is 1. The van der Waals surface area contributed by atoms with Crippen LogP contribution in [0.4, 0.5) is 0 Å². The molecule has 0 unspecified atom stereocenters. The Morgan fingerprint density at radius 2 is 1.75 bits per heavy atom. The number of rotatable bonds is 8. The van der Waals surface area contributed by atoms with Gasteiger partial charge in [0.05, 0.1) is 6.61 Å². The van der Waals surface area contributed by atoms with Gasteiger partial charge in [-0.15, -0.1) is 0 Å². The van der Waals surface area contributed by atoms with E-state index < -0.39 is 0 Å². The second-order valence-electron chi connectivity index (χ2n) is 6.63. The van der Waals surface area contributed by atoms with E-state index in [0.29, 0.717) is 0 Å². The van der Waals surface area contributed by atoms with E-state index in [1.807, 2.05) is 0 Å². The summed E-state index contributed by atoms with van der Waals surface area (Å²) in [6.45, 7) is 12.1. The van der Waals surface area contributed by atoms with Gasteiger partial charge in [-0.25, -0.2) is 0 Å². The third-order valence-corrected chi connectivity index (χ3v) is 3.40. The molecule has 0 radical (unpaired) electrons. The van der Waals surface area contributed by atoms with Crippen molar-refractivity contribution in [2.45, 2.75) is 34.1 Å². The Balaban J connectivity index is 2.28. The molecule has 0 aliphatic rings. The lowest BCUT2D eigenvalue weighted by Crippen LogP contribution is -2.37. The Labute approximate surface area is 124 Å². The van der Waals surface area contributed by atoms with Crippen molar-refractivity contribution in [2.75, 3.05) is 33.3 Å². The van der Waals surface area contributed by atoms with E-state index in [2.05, 4.69) is 57.8 Å². The van der Waals surface area contributed by atoms with E-state index in [1.165, 1.54) is 11.1 Å². The second kappa shape index (κ2) is 7.65. The molecule has 0 aliphatic heterocycles. The molecule has 0 bridgehead atoms. The molecule has 0 atom stereocenters. The first-order valence-electron chi connectivity index (χ1n) is 7.42. The molecule has 3 heteroatoms. The minimum atomic E-state index is 0.184. The number of benzene rings is 1. The molecule has 0 saturated heterocycles. The maximum absolute atomic E-state index is 5.82. The summed E-state index contributed by atoms with van der Waals surface area (Å²) in [6, 6.07) is 6.35. The van der Waals surface area contributed by atoms with Crippen LogP contribution in [0, 0.1) is 19.3 Å². The normalized spacial score (nSPS) is 11.9. The topological polar surface area (TPSA) is 38.5 Å². The quantitative estimate of drug-likeness (QED) is 0.743. The van der Waals surface area contributed by atoms with Crippen LogP contribution in [0.15, 0.2) is 18.2 Å². The lowest BCUT2D eigenvalue weighted by molar-refractivity contribution is 0.199. The van der Waals surface area contributed by atoms with Gasteiger partial charge in [-0.2, -0.15) is 0 Å². The summed E-state index contributed by atoms with van der Waals surface area (Å²) in [4.78, 5) is 2.33. The number of hydrogen-bond acceptors (Lipinski definition) is 3. The van der Waals surface area contributed by atoms with Gasteiger partial charge in [-0.3, -0.25) is 0 Å². The van der Waals surface area contributed by atoms with Crippen molar-refractivity contribution in [2.24, 2.45) is 11.1 Å². The van der Waals surface area contributed by atoms with Gasteiger partial charge in [0.2, 0.25) is 0 Å². The summed E-state index contributed by atoms with van der Waals surface area (Å²) < 4.78 is 5.82. The zero-order valence-corrected chi connectivity index (χ0v) is 13.7. The van der Waals surface area contributed by atoms with Crippen LogP contribution in [0.25, 0.3) is 0 Å². The third kappa shape index (κ3) is 6.40. The summed E-state index contributed by atoms with van der Waals surface area (Å²) >= 11 is 0. The van der Waals surface area contributed by atoms with Crippen molar-refractivity contribution in [1.82, 2.24) is 4.90 Å². The molecule has 0 heterocycles. The van der Waals surface area contributed by atoms with Crippen LogP contribution in [0.5, 0.6) is 5.75 Å². The average molecular weight is 278 g/mol. The number of aryl methyl sites for hydroxylation is 2. The third-order valence-electron chi connectivity index (χ3n) is 3.40. The predicted octanol–water partition coefficient (Wildman–Crippen LogP) is 2.99. The van der Waals surface area contributed by atoms with E-state index in [9.17, 15) is 0 Å². The Kier molecular flexibility index (Phi) is 6.50. The van der Waals surface area contributed by atoms with Crippen molar-refractivity contribution in [3.63, 3.8) is 0 Å². The zero-order chi connectivity index (χ0) is 15.2. The molecule has 114 valence electrons. The van der Waals surface area contributed by atoms with Crippen molar-refractivity contribution >= 4 is 0 Å². The van der Waals surface area contributed by atoms with E-state index in [-0.39, 0.29) is 5.41 Å². The van der Waals surface area contributed by atoms with Gasteiger partial charge < -0.3 is 15.4 Å². The highest BCUT2D eigenvalue weighted by atomic mass is 16.5. The van der Waals surface area contributed by atoms with E-state index in [4.69, 9.17) is 10.5 Å². The van der Waals surface area contributed by atoms with Gasteiger partial charge in [0.15, 0.2) is 0 Å². The highest BCUT2D eigenvalue weighted by molar-refractivity contribution is 5.32. The van der Waals surface area contributed by atoms with Crippen LogP contribution in [-0.4, -0.2) is 38.2 Å². The fourth-order valence-corrected chi connectivity index (χ4v) is 2.42. The lowest BCUT2D eigenvalue weighted by atomic mass is 9.93. The summed E-state index contributed by atoms with van der Waals surface area (Å²) in [5, 5.41) is 0. The van der Waals surface area contributed by atoms with Crippen LogP contribution in [0.2, 0.25) is 0 Å². The molecule has 20 heavy (non-hydrogen) atoms. The van der Waals surface area contributed by atoms with E-state index in [1.54, 1.807) is 0 Å². The van der Waals surface area contributed by atoms with Gasteiger partial charge in [-0.1, -0.05) is 19.9 Å². The maximum atomic E-state index is 5.82. The first-order chi connectivity index (χ1) is 9.32. The summed E-state index contributed by atoms with van der Waals surface area (Å²) in [7, 11) is 2.15. The number of nitrogens with two attached hydrogens (primary N) is 1. The SMILES string of the molecule is Cc1cc(C)cc(OCCCN(C)CC(C)(C)CN)c1. The summed E-state index contributed by atoms with van der Waals surface area (Å²) in [5.74, 6) is 0.979. The fraction of sp³-hybridized carbons (Fsp3) is 0.647. The Morgan fingerprint density at radius 3 is 2.30 bits per heavy atom. The molecule has 3 nitrogen and oxygen atoms in total. The van der Waals surface area contributed by atoms with Crippen LogP contribution in [-0.2, 0) is 0 Å². The van der Waals surface area contributed by atoms with Crippen LogP contribution in [0.1, 0.15) is 31.4 Å². The molecular formula is C17H30N2O. The maximum Gasteiger partial charge on any atom is 0.119 e. The van der Waals surface area contributed by atoms with Gasteiger partial charge >= 0.3 is 0 Å². The number of ether oxygens (including phenoxy) is 1. The zero-order valence-electron chi connectivity index (χ0n) is 13.7. The van der Waals surface area contributed by atoms with Gasteiger partial charge in [-0.05, 0) is 62.5 Å². The van der Waals surface area contributed by atoms with Gasteiger partial charge in [0.25, 0.3) is 0 Å². The van der Waals surface area contributed by atoms with E-state index in [0.717, 1.165) is 38.4 Å². The van der Waals surface area contributed by atoms with Crippen LogP contribution < -0.4 is 10.5 Å². The van der Waals surface area contributed by atoms with Crippen molar-refractivity contribution in [1.29, 1.82) is 0 Å². The molecule has 0 fully saturated rings. The van der Waals surface area contributed by atoms with Crippen molar-refractivity contribution < 1.29 is 4.74 Å². The standard InChI is InChI=1S/C17H30N2O/c1-14-9-15(2)11-16(10-14)20-8-6-7-19(5)13-17(3,4)12-18/h9-11H,6-8,12-13,18H2,1-5H3. The molecule has 0 spiro atoms. The lowest BCUT2D eigenvalue weighted by Gasteiger charge is -2.28. The molecule has 0 amide bonds. The Hall–Kier alpha value is -1.06. The Bertz CT molecular complexity index is 395. The number of hydrogen-bond donors (Lipinski definition) is 1. The highest BCUT2D eigenvalue weighted by Crippen LogP contribution is 2.17. The predicted molar refractivity (Wildman–Crippen MR) is 86.4 cm³/mol. The first-order valence-corrected chi connectivity index (χ1v) is 7.42. The smallest absolute Gasteiger partial charge is 0.119 e. The van der Waals surface area contributed by atoms with Crippen LogP contribution in [0.3, 0.4) is 0 Å². The minimum absolute atomic E-state index is 0.184. The molecule has 0 aromatic heterocycles. The first kappa shape index (κ1) is 17.0. The minimum Gasteiger partial charge on any atom is -0.494 e. The molecule has 1 aromatic carbocycles. The van der Waals surface area contributed by atoms with Crippen molar-refractivity contribution in [3.8, 4) is 5.75 Å². The van der Waals surface area contributed by atoms with Gasteiger partial charge in [0.1, 0.15) is 5.75 Å². The fourth-order valence-electron chi connectivity index (χ4n) is 2.42. The largest absolute Gasteiger partial charge is 0.494 e. The molecular weight excluding hydrogens is 248 g/mol. The van der Waals surface area contributed by atoms with Gasteiger partial charge in [0, 0.05) is 13.1 Å². The van der Waals surface area contributed by atoms with Crippen LogP contribution >= 0.6 is 0 Å². The average Bonchev–Trinajstić information content (AvgIpc) is 2.33. The second-order valence-corrected chi connectivity index (χ2v) is 6.63. The highest BCUT2D eigenvalue weighted by Gasteiger charge is 2.17. The molecule has 0 saturated carbocycles. The molecule has 1 aromatic rings. The molecule has 2 N–H and O–H groups in total. The van der Waals surface area contributed by atoms with Crippen molar-refractivity contribution in [3.05, 3.63) is 29.3 Å². The molecule has 0 aliphatic carbocycles. The Morgan fingerprint density at radius 1 is 1.15 bits per heavy atom. The summed E-state index contributed by atoms with van der Waals surface area (Å²) in [6.07, 6.45) is 1.03. The van der Waals surface area contributed by atoms with E-state index >= 15 is 0 Å². The summed E-state index contributed by atoms with van der Waals surface area (Å²) in [5.41, 5.74) is 8.45. The monoisotopic (exact) mass is 278 g/mol.